The molecule has 0 aliphatic carbocycles. The van der Waals surface area contributed by atoms with E-state index < -0.39 is 24.2 Å². The van der Waals surface area contributed by atoms with Crippen LogP contribution in [0.2, 0.25) is 0 Å². The molecule has 12 aromatic rings. The largest absolute Gasteiger partial charge is 0.311 e. The van der Waals surface area contributed by atoms with Gasteiger partial charge in [0.25, 0.3) is 0 Å². The third-order valence-corrected chi connectivity index (χ3v) is 12.9. The van der Waals surface area contributed by atoms with E-state index in [2.05, 4.69) is 54.6 Å². The molecule has 0 radical (unpaired) electrons. The molecule has 0 N–H and O–H groups in total. The predicted octanol–water partition coefficient (Wildman–Crippen LogP) is 19.1. The van der Waals surface area contributed by atoms with Crippen LogP contribution in [-0.2, 0) is 0 Å². The number of rotatable bonds is 10. The second-order valence-corrected chi connectivity index (χ2v) is 17.0. The van der Waals surface area contributed by atoms with Crippen molar-refractivity contribution < 1.29 is 11.0 Å². The van der Waals surface area contributed by atoms with Crippen LogP contribution in [0.15, 0.2) is 285 Å². The second-order valence-electron chi connectivity index (χ2n) is 17.0. The van der Waals surface area contributed by atoms with Crippen molar-refractivity contribution in [2.45, 2.75) is 0 Å². The fraction of sp³-hybridized carbons (Fsp3) is 0. The monoisotopic (exact) mass is 885 g/mol. The van der Waals surface area contributed by atoms with Crippen molar-refractivity contribution in [1.29, 1.82) is 0 Å². The molecular weight excluding hydrogens is 831 g/mol. The van der Waals surface area contributed by atoms with Gasteiger partial charge in [0.2, 0.25) is 0 Å². The number of hydrogen-bond acceptors (Lipinski definition) is 1. The third kappa shape index (κ3) is 8.18. The molecular formula is C68H47N. The van der Waals surface area contributed by atoms with E-state index in [9.17, 15) is 11.0 Å². The van der Waals surface area contributed by atoms with Crippen LogP contribution in [0.3, 0.4) is 0 Å². The Kier molecular flexibility index (Phi) is 8.88. The Morgan fingerprint density at radius 3 is 1.29 bits per heavy atom. The van der Waals surface area contributed by atoms with Crippen LogP contribution >= 0.6 is 0 Å². The van der Waals surface area contributed by atoms with E-state index in [1.807, 2.05) is 170 Å². The van der Waals surface area contributed by atoms with Crippen molar-refractivity contribution >= 4 is 38.6 Å². The molecule has 69 heavy (non-hydrogen) atoms. The van der Waals surface area contributed by atoms with E-state index in [-0.39, 0.29) is 46.7 Å². The molecule has 1 heteroatoms. The van der Waals surface area contributed by atoms with Gasteiger partial charge in [0, 0.05) is 17.1 Å². The smallest absolute Gasteiger partial charge is 0.0645 e. The Hall–Kier alpha value is -9.04. The average Bonchev–Trinajstić information content (AvgIpc) is 3.53. The van der Waals surface area contributed by atoms with Gasteiger partial charge in [-0.1, -0.05) is 243 Å². The molecule has 324 valence electrons. The molecule has 0 atom stereocenters. The zero-order valence-electron chi connectivity index (χ0n) is 45.5. The Balaban J connectivity index is 1.04. The fourth-order valence-corrected chi connectivity index (χ4v) is 9.42. The van der Waals surface area contributed by atoms with E-state index in [1.165, 1.54) is 4.90 Å². The van der Waals surface area contributed by atoms with Gasteiger partial charge in [0.05, 0.1) is 11.0 Å². The summed E-state index contributed by atoms with van der Waals surface area (Å²) in [6.45, 7) is 0. The third-order valence-electron chi connectivity index (χ3n) is 12.9. The first-order valence-corrected chi connectivity index (χ1v) is 23.1. The SMILES string of the molecule is [2H]c1c([2H])c(N(c2ccc(-c3ccc(-c4cccc5ccccc45)cc3)cc2)c2c([2H])c([2H])c(-c3c(-c4ccccc4)ccc4ccccc34)c([2H])c2[2H])c([2H])c([2H])c1-c1ccc(-c2ccccc2)c(-c2ccccc2)c1. The zero-order valence-corrected chi connectivity index (χ0v) is 37.5. The molecule has 1 nitrogen and oxygen atoms in total. The Labute approximate surface area is 415 Å². The van der Waals surface area contributed by atoms with Crippen molar-refractivity contribution in [3.05, 3.63) is 285 Å². The minimum atomic E-state index is -0.413. The number of fused-ring (bicyclic) bond motifs is 2. The summed E-state index contributed by atoms with van der Waals surface area (Å²) in [7, 11) is 0. The highest BCUT2D eigenvalue weighted by molar-refractivity contribution is 6.04. The molecule has 0 saturated carbocycles. The second kappa shape index (κ2) is 18.3. The van der Waals surface area contributed by atoms with Crippen molar-refractivity contribution in [3.8, 4) is 77.9 Å². The van der Waals surface area contributed by atoms with Gasteiger partial charge in [-0.15, -0.1) is 0 Å². The van der Waals surface area contributed by atoms with Crippen LogP contribution in [0.1, 0.15) is 11.0 Å². The summed E-state index contributed by atoms with van der Waals surface area (Å²) in [5.41, 5.74) is 10.3. The van der Waals surface area contributed by atoms with Gasteiger partial charge in [0.1, 0.15) is 0 Å². The minimum Gasteiger partial charge on any atom is -0.311 e. The molecule has 0 amide bonds. The van der Waals surface area contributed by atoms with Crippen LogP contribution in [0.5, 0.6) is 0 Å². The Morgan fingerprint density at radius 2 is 0.667 bits per heavy atom. The lowest BCUT2D eigenvalue weighted by molar-refractivity contribution is 1.28. The van der Waals surface area contributed by atoms with Crippen LogP contribution in [0.4, 0.5) is 17.1 Å². The first-order valence-electron chi connectivity index (χ1n) is 27.1. The molecule has 0 aliphatic rings. The van der Waals surface area contributed by atoms with Crippen molar-refractivity contribution in [1.82, 2.24) is 0 Å². The molecule has 0 unspecified atom stereocenters. The summed E-state index contributed by atoms with van der Waals surface area (Å²) in [6.07, 6.45) is 0. The summed E-state index contributed by atoms with van der Waals surface area (Å²) in [5.74, 6) is 0. The van der Waals surface area contributed by atoms with E-state index in [0.29, 0.717) is 16.8 Å². The quantitative estimate of drug-likeness (QED) is 0.132. The Bertz CT molecular complexity index is 4160. The number of benzene rings is 12. The van der Waals surface area contributed by atoms with Gasteiger partial charge in [-0.3, -0.25) is 0 Å². The lowest BCUT2D eigenvalue weighted by Crippen LogP contribution is -2.09. The normalized spacial score (nSPS) is 12.8. The van der Waals surface area contributed by atoms with Gasteiger partial charge in [-0.2, -0.15) is 0 Å². The Morgan fingerprint density at radius 1 is 0.232 bits per heavy atom. The summed E-state index contributed by atoms with van der Waals surface area (Å²) in [6, 6.07) is 74.0. The summed E-state index contributed by atoms with van der Waals surface area (Å²) < 4.78 is 78.7. The van der Waals surface area contributed by atoms with Gasteiger partial charge in [-0.05, 0) is 142 Å². The van der Waals surface area contributed by atoms with Crippen molar-refractivity contribution in [2.24, 2.45) is 0 Å². The molecule has 0 fully saturated rings. The van der Waals surface area contributed by atoms with Crippen molar-refractivity contribution in [3.63, 3.8) is 0 Å². The number of hydrogen-bond donors (Lipinski definition) is 0. The highest BCUT2D eigenvalue weighted by Crippen LogP contribution is 2.43. The number of nitrogens with zero attached hydrogens (tertiary/aromatic N) is 1. The lowest BCUT2D eigenvalue weighted by Gasteiger charge is -2.26. The average molecular weight is 886 g/mol. The van der Waals surface area contributed by atoms with Crippen LogP contribution in [0.25, 0.3) is 99.4 Å². The van der Waals surface area contributed by atoms with Crippen LogP contribution in [-0.4, -0.2) is 0 Å². The van der Waals surface area contributed by atoms with Gasteiger partial charge in [-0.25, -0.2) is 0 Å². The molecule has 12 rings (SSSR count). The number of anilines is 3. The molecule has 0 saturated heterocycles. The zero-order chi connectivity index (χ0) is 52.9. The minimum absolute atomic E-state index is 0.0853. The first kappa shape index (κ1) is 33.4. The first-order chi connectivity index (χ1) is 37.6. The predicted molar refractivity (Wildman–Crippen MR) is 294 cm³/mol. The van der Waals surface area contributed by atoms with E-state index in [1.54, 1.807) is 12.1 Å². The molecule has 0 aromatic heterocycles. The van der Waals surface area contributed by atoms with Crippen LogP contribution in [0, 0.1) is 0 Å². The summed E-state index contributed by atoms with van der Waals surface area (Å²) >= 11 is 0. The highest BCUT2D eigenvalue weighted by Gasteiger charge is 2.17. The highest BCUT2D eigenvalue weighted by atomic mass is 15.1. The van der Waals surface area contributed by atoms with Gasteiger partial charge >= 0.3 is 0 Å². The van der Waals surface area contributed by atoms with Crippen molar-refractivity contribution in [2.75, 3.05) is 4.90 Å². The summed E-state index contributed by atoms with van der Waals surface area (Å²) in [5, 5.41) is 3.93. The van der Waals surface area contributed by atoms with Gasteiger partial charge < -0.3 is 4.90 Å². The van der Waals surface area contributed by atoms with E-state index in [0.717, 1.165) is 77.2 Å². The standard InChI is InChI=1S/C68H47N/c1-4-15-51(16-5-1)64-45-38-58(47-67(64)54-19-8-3-9-20-54)50-33-41-60(42-34-50)69(59-39-31-49(32-40-59)48-27-29-56(30-28-48)63-26-14-23-52-21-10-12-24-62(52)63)61-43-35-57(36-44-61)68-65-25-13-11-22-55(65)37-46-66(68)53-17-6-2-7-18-53/h1-47H/i33D,34D,35D,36D,41D,42D,43D,44D. The summed E-state index contributed by atoms with van der Waals surface area (Å²) in [4.78, 5) is 1.37. The van der Waals surface area contributed by atoms with E-state index >= 15 is 0 Å². The molecule has 0 aliphatic heterocycles. The lowest BCUT2D eigenvalue weighted by atomic mass is 9.89. The molecule has 12 aromatic carbocycles. The maximum atomic E-state index is 9.93. The maximum absolute atomic E-state index is 9.93. The maximum Gasteiger partial charge on any atom is 0.0645 e. The molecule has 0 heterocycles. The van der Waals surface area contributed by atoms with Crippen LogP contribution < -0.4 is 4.90 Å². The van der Waals surface area contributed by atoms with E-state index in [4.69, 9.17) is 0 Å². The molecule has 0 bridgehead atoms. The fourth-order valence-electron chi connectivity index (χ4n) is 9.42. The molecule has 0 spiro atoms. The topological polar surface area (TPSA) is 3.24 Å². The van der Waals surface area contributed by atoms with Gasteiger partial charge in [0.15, 0.2) is 0 Å².